The van der Waals surface area contributed by atoms with Crippen molar-refractivity contribution in [3.05, 3.63) is 69.7 Å². The lowest BCUT2D eigenvalue weighted by atomic mass is 9.95. The molecule has 2 aliphatic heterocycles. The molecule has 0 aliphatic carbocycles. The van der Waals surface area contributed by atoms with E-state index in [9.17, 15) is 14.7 Å². The molecule has 2 saturated heterocycles. The molecule has 0 bridgehead atoms. The fourth-order valence-corrected chi connectivity index (χ4v) is 4.42. The van der Waals surface area contributed by atoms with Crippen LogP contribution in [0.1, 0.15) is 43.4 Å². The van der Waals surface area contributed by atoms with E-state index < -0.39 is 17.7 Å². The van der Waals surface area contributed by atoms with Gasteiger partial charge in [0.1, 0.15) is 11.5 Å². The molecule has 0 spiro atoms. The van der Waals surface area contributed by atoms with Crippen LogP contribution in [0.3, 0.4) is 0 Å². The van der Waals surface area contributed by atoms with E-state index in [1.165, 1.54) is 4.90 Å². The van der Waals surface area contributed by atoms with Gasteiger partial charge in [0.15, 0.2) is 0 Å². The molecule has 4 rings (SSSR count). The molecular formula is C25H26BrNO5. The van der Waals surface area contributed by atoms with Crippen LogP contribution in [0, 0.1) is 0 Å². The number of Topliss-reactive ketones (excluding diaryl/α,β-unsaturated/α-hetero) is 1. The summed E-state index contributed by atoms with van der Waals surface area (Å²) >= 11 is 3.38. The van der Waals surface area contributed by atoms with Crippen molar-refractivity contribution in [1.82, 2.24) is 4.90 Å². The summed E-state index contributed by atoms with van der Waals surface area (Å²) in [4.78, 5) is 27.6. The van der Waals surface area contributed by atoms with E-state index in [4.69, 9.17) is 9.47 Å². The van der Waals surface area contributed by atoms with Gasteiger partial charge in [-0.25, -0.2) is 0 Å². The molecule has 0 radical (unpaired) electrons. The molecule has 1 amide bonds. The van der Waals surface area contributed by atoms with E-state index in [0.717, 1.165) is 35.0 Å². The molecule has 0 aromatic heterocycles. The van der Waals surface area contributed by atoms with Crippen molar-refractivity contribution >= 4 is 33.4 Å². The van der Waals surface area contributed by atoms with Crippen LogP contribution in [0.5, 0.6) is 5.75 Å². The molecule has 2 aromatic rings. The van der Waals surface area contributed by atoms with Crippen LogP contribution in [-0.2, 0) is 14.3 Å². The quantitative estimate of drug-likeness (QED) is 0.335. The van der Waals surface area contributed by atoms with Crippen molar-refractivity contribution in [2.45, 2.75) is 38.3 Å². The van der Waals surface area contributed by atoms with Gasteiger partial charge in [-0.05, 0) is 49.1 Å². The van der Waals surface area contributed by atoms with Gasteiger partial charge in [-0.3, -0.25) is 9.59 Å². The van der Waals surface area contributed by atoms with Gasteiger partial charge in [0.2, 0.25) is 0 Å². The Morgan fingerprint density at radius 3 is 2.50 bits per heavy atom. The maximum Gasteiger partial charge on any atom is 0.295 e. The highest BCUT2D eigenvalue weighted by Gasteiger charge is 2.47. The maximum atomic E-state index is 13.1. The number of rotatable bonds is 7. The SMILES string of the molecule is CCCOc1ccc(C2/C(=C(\O)c3ccc(Br)cc3)C(=O)C(=O)N2CC2CCCO2)cc1. The summed E-state index contributed by atoms with van der Waals surface area (Å²) in [5, 5.41) is 11.1. The predicted octanol–water partition coefficient (Wildman–Crippen LogP) is 4.84. The zero-order valence-electron chi connectivity index (χ0n) is 17.9. The average Bonchev–Trinajstić information content (AvgIpc) is 3.40. The number of ether oxygens (including phenoxy) is 2. The van der Waals surface area contributed by atoms with Crippen LogP contribution < -0.4 is 4.74 Å². The normalized spacial score (nSPS) is 22.5. The standard InChI is InChI=1S/C25H26BrNO5/c1-2-13-31-19-11-7-16(8-12-19)22-21(23(28)17-5-9-18(26)10-6-17)24(29)25(30)27(22)15-20-4-3-14-32-20/h5-12,20,22,28H,2-4,13-15H2,1H3/b23-21+. The van der Waals surface area contributed by atoms with Gasteiger partial charge in [-0.1, -0.05) is 47.1 Å². The summed E-state index contributed by atoms with van der Waals surface area (Å²) < 4.78 is 12.3. The summed E-state index contributed by atoms with van der Waals surface area (Å²) in [6.45, 7) is 3.61. The zero-order valence-corrected chi connectivity index (χ0v) is 19.5. The van der Waals surface area contributed by atoms with Gasteiger partial charge in [0.25, 0.3) is 11.7 Å². The largest absolute Gasteiger partial charge is 0.507 e. The number of aliphatic hydroxyl groups excluding tert-OH is 1. The number of halogens is 1. The van der Waals surface area contributed by atoms with Crippen LogP contribution in [0.15, 0.2) is 58.6 Å². The summed E-state index contributed by atoms with van der Waals surface area (Å²) in [7, 11) is 0. The van der Waals surface area contributed by atoms with Crippen molar-refractivity contribution in [2.24, 2.45) is 0 Å². The van der Waals surface area contributed by atoms with Crippen molar-refractivity contribution in [2.75, 3.05) is 19.8 Å². The maximum absolute atomic E-state index is 13.1. The Kier molecular flexibility index (Phi) is 6.96. The van der Waals surface area contributed by atoms with Crippen LogP contribution in [0.2, 0.25) is 0 Å². The second-order valence-corrected chi connectivity index (χ2v) is 8.93. The first kappa shape index (κ1) is 22.6. The zero-order chi connectivity index (χ0) is 22.7. The molecule has 1 N–H and O–H groups in total. The minimum absolute atomic E-state index is 0.0949. The summed E-state index contributed by atoms with van der Waals surface area (Å²) in [5.41, 5.74) is 1.32. The first-order valence-corrected chi connectivity index (χ1v) is 11.7. The third kappa shape index (κ3) is 4.59. The number of carbonyl (C=O) groups is 2. The number of hydrogen-bond donors (Lipinski definition) is 1. The predicted molar refractivity (Wildman–Crippen MR) is 124 cm³/mol. The van der Waals surface area contributed by atoms with Crippen LogP contribution in [0.25, 0.3) is 5.76 Å². The van der Waals surface area contributed by atoms with Gasteiger partial charge in [-0.2, -0.15) is 0 Å². The fourth-order valence-electron chi connectivity index (χ4n) is 4.15. The van der Waals surface area contributed by atoms with Crippen molar-refractivity contribution < 1.29 is 24.2 Å². The monoisotopic (exact) mass is 499 g/mol. The number of hydrogen-bond acceptors (Lipinski definition) is 5. The summed E-state index contributed by atoms with van der Waals surface area (Å²) in [6.07, 6.45) is 2.56. The molecule has 2 aromatic carbocycles. The first-order valence-electron chi connectivity index (χ1n) is 10.9. The fraction of sp³-hybridized carbons (Fsp3) is 0.360. The third-order valence-electron chi connectivity index (χ3n) is 5.75. The Bertz CT molecular complexity index is 1010. The van der Waals surface area contributed by atoms with Crippen molar-refractivity contribution in [3.63, 3.8) is 0 Å². The number of likely N-dealkylation sites (tertiary alicyclic amines) is 1. The van der Waals surface area contributed by atoms with E-state index in [-0.39, 0.29) is 17.4 Å². The van der Waals surface area contributed by atoms with Crippen molar-refractivity contribution in [3.8, 4) is 5.75 Å². The molecular weight excluding hydrogens is 474 g/mol. The van der Waals surface area contributed by atoms with Crippen LogP contribution in [0.4, 0.5) is 0 Å². The first-order chi connectivity index (χ1) is 15.5. The number of aliphatic hydroxyl groups is 1. The van der Waals surface area contributed by atoms with Gasteiger partial charge in [0, 0.05) is 23.2 Å². The van der Waals surface area contributed by atoms with Crippen molar-refractivity contribution in [1.29, 1.82) is 0 Å². The molecule has 2 fully saturated rings. The molecule has 6 nitrogen and oxygen atoms in total. The van der Waals surface area contributed by atoms with E-state index in [2.05, 4.69) is 15.9 Å². The minimum atomic E-state index is -0.692. The molecule has 2 unspecified atom stereocenters. The number of ketones is 1. The third-order valence-corrected chi connectivity index (χ3v) is 6.28. The molecule has 2 atom stereocenters. The molecule has 7 heteroatoms. The molecule has 32 heavy (non-hydrogen) atoms. The smallest absolute Gasteiger partial charge is 0.295 e. The second-order valence-electron chi connectivity index (χ2n) is 8.01. The Morgan fingerprint density at radius 2 is 1.88 bits per heavy atom. The van der Waals surface area contributed by atoms with E-state index in [0.29, 0.717) is 25.3 Å². The molecule has 2 heterocycles. The topological polar surface area (TPSA) is 76.1 Å². The number of amides is 1. The second kappa shape index (κ2) is 9.88. The Balaban J connectivity index is 1.75. The Hall–Kier alpha value is -2.64. The lowest BCUT2D eigenvalue weighted by Crippen LogP contribution is -2.36. The molecule has 2 aliphatic rings. The van der Waals surface area contributed by atoms with Crippen LogP contribution in [-0.4, -0.2) is 47.6 Å². The molecule has 0 saturated carbocycles. The molecule has 168 valence electrons. The van der Waals surface area contributed by atoms with Crippen LogP contribution >= 0.6 is 15.9 Å². The summed E-state index contributed by atoms with van der Waals surface area (Å²) in [5.74, 6) is -0.753. The Morgan fingerprint density at radius 1 is 1.16 bits per heavy atom. The van der Waals surface area contributed by atoms with Gasteiger partial charge < -0.3 is 19.5 Å². The lowest BCUT2D eigenvalue weighted by molar-refractivity contribution is -0.140. The van der Waals surface area contributed by atoms with E-state index in [1.54, 1.807) is 24.3 Å². The van der Waals surface area contributed by atoms with Gasteiger partial charge >= 0.3 is 0 Å². The van der Waals surface area contributed by atoms with E-state index >= 15 is 0 Å². The minimum Gasteiger partial charge on any atom is -0.507 e. The Labute approximate surface area is 196 Å². The lowest BCUT2D eigenvalue weighted by Gasteiger charge is -2.27. The van der Waals surface area contributed by atoms with Gasteiger partial charge in [0.05, 0.1) is 24.3 Å². The highest BCUT2D eigenvalue weighted by Crippen LogP contribution is 2.40. The highest BCUT2D eigenvalue weighted by atomic mass is 79.9. The van der Waals surface area contributed by atoms with Gasteiger partial charge in [-0.15, -0.1) is 0 Å². The number of carbonyl (C=O) groups excluding carboxylic acids is 2. The summed E-state index contributed by atoms with van der Waals surface area (Å²) in [6, 6.07) is 13.7. The number of nitrogens with zero attached hydrogens (tertiary/aromatic N) is 1. The number of benzene rings is 2. The average molecular weight is 500 g/mol. The van der Waals surface area contributed by atoms with E-state index in [1.807, 2.05) is 31.2 Å². The highest BCUT2D eigenvalue weighted by molar-refractivity contribution is 9.10.